The lowest BCUT2D eigenvalue weighted by Gasteiger charge is -2.26. The third-order valence-electron chi connectivity index (χ3n) is 4.87. The maximum atomic E-state index is 12.2. The van der Waals surface area contributed by atoms with E-state index in [1.807, 2.05) is 0 Å². The van der Waals surface area contributed by atoms with E-state index in [0.29, 0.717) is 0 Å². The first kappa shape index (κ1) is 22.9. The van der Waals surface area contributed by atoms with Crippen molar-refractivity contribution < 1.29 is 35.9 Å². The van der Waals surface area contributed by atoms with Crippen molar-refractivity contribution in [3.8, 4) is 0 Å². The van der Waals surface area contributed by atoms with Gasteiger partial charge in [-0.05, 0) is 24.3 Å². The second-order valence-corrected chi connectivity index (χ2v) is 10.8. The quantitative estimate of drug-likeness (QED) is 0.346. The summed E-state index contributed by atoms with van der Waals surface area (Å²) in [5.74, 6) is -0.943. The molecule has 0 unspecified atom stereocenters. The summed E-state index contributed by atoms with van der Waals surface area (Å²) in [6.07, 6.45) is 8.99. The fourth-order valence-electron chi connectivity index (χ4n) is 3.20. The smallest absolute Gasteiger partial charge is 0.339 e. The Morgan fingerprint density at radius 2 is 1.18 bits per heavy atom. The molecule has 0 aromatic rings. The summed E-state index contributed by atoms with van der Waals surface area (Å²) in [5, 5.41) is 0. The first-order valence-electron chi connectivity index (χ1n) is 9.95. The topological polar surface area (TPSA) is 152 Å². The van der Waals surface area contributed by atoms with Crippen molar-refractivity contribution in [2.24, 2.45) is 8.80 Å². The molecule has 0 N–H and O–H groups in total. The molecule has 4 rings (SSSR count). The van der Waals surface area contributed by atoms with E-state index in [0.717, 1.165) is 0 Å². The molecular formula is C19H20N4O8S2. The molecule has 12 nitrogen and oxygen atoms in total. The maximum Gasteiger partial charge on any atom is 0.339 e. The van der Waals surface area contributed by atoms with Gasteiger partial charge in [-0.3, -0.25) is 0 Å². The normalized spacial score (nSPS) is 22.2. The zero-order chi connectivity index (χ0) is 23.6. The summed E-state index contributed by atoms with van der Waals surface area (Å²) >= 11 is 0. The van der Waals surface area contributed by atoms with Crippen LogP contribution < -0.4 is 0 Å². The van der Waals surface area contributed by atoms with Crippen LogP contribution in [0.15, 0.2) is 56.6 Å². The number of ether oxygens (including phenoxy) is 2. The molecule has 0 saturated carbocycles. The van der Waals surface area contributed by atoms with Crippen LogP contribution in [0.4, 0.5) is 0 Å². The van der Waals surface area contributed by atoms with E-state index in [-0.39, 0.29) is 67.0 Å². The van der Waals surface area contributed by atoms with Gasteiger partial charge < -0.3 is 19.3 Å². The van der Waals surface area contributed by atoms with Crippen LogP contribution in [0, 0.1) is 0 Å². The van der Waals surface area contributed by atoms with E-state index in [9.17, 15) is 26.4 Å². The summed E-state index contributed by atoms with van der Waals surface area (Å²) < 4.78 is 63.7. The van der Waals surface area contributed by atoms with Crippen LogP contribution in [0.1, 0.15) is 6.42 Å². The maximum absolute atomic E-state index is 12.2. The molecule has 0 saturated heterocycles. The third-order valence-corrected chi connectivity index (χ3v) is 7.20. The number of carbonyl (C=O) groups excluding carboxylic acids is 2. The minimum atomic E-state index is -3.47. The lowest BCUT2D eigenvalue weighted by Crippen LogP contribution is -2.37. The lowest BCUT2D eigenvalue weighted by atomic mass is 10.2. The van der Waals surface area contributed by atoms with Gasteiger partial charge >= 0.3 is 11.9 Å². The van der Waals surface area contributed by atoms with Crippen molar-refractivity contribution in [1.29, 1.82) is 0 Å². The average molecular weight is 497 g/mol. The van der Waals surface area contributed by atoms with E-state index < -0.39 is 32.0 Å². The molecule has 4 heterocycles. The van der Waals surface area contributed by atoms with Gasteiger partial charge in [-0.15, -0.1) is 8.80 Å². The number of hydrogen-bond acceptors (Lipinski definition) is 10. The first-order valence-corrected chi connectivity index (χ1v) is 13.2. The van der Waals surface area contributed by atoms with Crippen molar-refractivity contribution in [1.82, 2.24) is 9.80 Å². The molecule has 33 heavy (non-hydrogen) atoms. The van der Waals surface area contributed by atoms with Crippen LogP contribution in [0.2, 0.25) is 0 Å². The van der Waals surface area contributed by atoms with Gasteiger partial charge in [0.05, 0.1) is 35.9 Å². The van der Waals surface area contributed by atoms with E-state index in [4.69, 9.17) is 9.47 Å². The molecule has 0 radical (unpaired) electrons. The van der Waals surface area contributed by atoms with E-state index in [2.05, 4.69) is 8.80 Å². The van der Waals surface area contributed by atoms with Gasteiger partial charge in [0.25, 0.3) is 20.0 Å². The van der Waals surface area contributed by atoms with E-state index in [1.165, 1.54) is 36.7 Å². The minimum absolute atomic E-state index is 0.0162. The number of sulfonamides is 2. The van der Waals surface area contributed by atoms with Crippen LogP contribution >= 0.6 is 0 Å². The molecule has 4 aliphatic rings. The molecule has 0 aromatic heterocycles. The Labute approximate surface area is 190 Å². The lowest BCUT2D eigenvalue weighted by molar-refractivity contribution is -0.141. The standard InChI is InChI=1S/C19H20N4O8S2/c24-18(14-2-4-16-20-32(26,27)10-6-22(16)12-14)30-8-1-9-31-19(25)15-3-5-17-21-33(28,29)11-7-23(17)13-15/h2-5,12-13H,1,6-11H2. The minimum Gasteiger partial charge on any atom is -0.462 e. The fraction of sp³-hybridized carbons (Fsp3) is 0.368. The van der Waals surface area contributed by atoms with Crippen LogP contribution in [0.3, 0.4) is 0 Å². The Balaban J connectivity index is 1.21. The molecular weight excluding hydrogens is 476 g/mol. The largest absolute Gasteiger partial charge is 0.462 e. The average Bonchev–Trinajstić information content (AvgIpc) is 2.76. The molecule has 0 spiro atoms. The summed E-state index contributed by atoms with van der Waals surface area (Å²) in [5.41, 5.74) is 0.507. The Hall–Kier alpha value is -3.26. The first-order chi connectivity index (χ1) is 15.6. The highest BCUT2D eigenvalue weighted by molar-refractivity contribution is 7.90. The van der Waals surface area contributed by atoms with Crippen molar-refractivity contribution >= 4 is 43.7 Å². The predicted octanol–water partition coefficient (Wildman–Crippen LogP) is -0.542. The van der Waals surface area contributed by atoms with Crippen molar-refractivity contribution in [3.63, 3.8) is 0 Å². The molecule has 176 valence electrons. The number of amidine groups is 2. The Kier molecular flexibility index (Phi) is 6.21. The monoisotopic (exact) mass is 496 g/mol. The van der Waals surface area contributed by atoms with Gasteiger partial charge in [-0.2, -0.15) is 0 Å². The van der Waals surface area contributed by atoms with E-state index in [1.54, 1.807) is 9.80 Å². The van der Waals surface area contributed by atoms with Gasteiger partial charge in [-0.1, -0.05) is 0 Å². The van der Waals surface area contributed by atoms with Crippen LogP contribution in [0.25, 0.3) is 0 Å². The Morgan fingerprint density at radius 1 is 0.758 bits per heavy atom. The fourth-order valence-corrected chi connectivity index (χ4v) is 5.14. The Morgan fingerprint density at radius 3 is 1.61 bits per heavy atom. The molecule has 0 aromatic carbocycles. The molecule has 0 bridgehead atoms. The van der Waals surface area contributed by atoms with Gasteiger partial charge in [0, 0.05) is 31.9 Å². The summed E-state index contributed by atoms with van der Waals surface area (Å²) in [6.45, 7) is 0.427. The second kappa shape index (κ2) is 8.94. The van der Waals surface area contributed by atoms with Gasteiger partial charge in [0.15, 0.2) is 0 Å². The number of esters is 2. The predicted molar refractivity (Wildman–Crippen MR) is 117 cm³/mol. The summed E-state index contributed by atoms with van der Waals surface area (Å²) in [7, 11) is -6.94. The van der Waals surface area contributed by atoms with Crippen molar-refractivity contribution in [2.75, 3.05) is 37.8 Å². The number of rotatable bonds is 6. The van der Waals surface area contributed by atoms with E-state index >= 15 is 0 Å². The zero-order valence-corrected chi connectivity index (χ0v) is 18.9. The Bertz CT molecular complexity index is 1170. The summed E-state index contributed by atoms with van der Waals surface area (Å²) in [4.78, 5) is 27.6. The summed E-state index contributed by atoms with van der Waals surface area (Å²) in [6, 6.07) is 0. The van der Waals surface area contributed by atoms with Gasteiger partial charge in [-0.25, -0.2) is 26.4 Å². The van der Waals surface area contributed by atoms with Crippen molar-refractivity contribution in [2.45, 2.75) is 6.42 Å². The van der Waals surface area contributed by atoms with Crippen molar-refractivity contribution in [3.05, 3.63) is 47.9 Å². The number of nitrogens with zero attached hydrogens (tertiary/aromatic N) is 4. The molecule has 14 heteroatoms. The third kappa shape index (κ3) is 5.57. The highest BCUT2D eigenvalue weighted by Crippen LogP contribution is 2.18. The number of fused-ring (bicyclic) bond motifs is 2. The highest BCUT2D eigenvalue weighted by atomic mass is 32.2. The van der Waals surface area contributed by atoms with Crippen LogP contribution in [-0.2, 0) is 39.1 Å². The highest BCUT2D eigenvalue weighted by Gasteiger charge is 2.26. The molecule has 0 atom stereocenters. The number of carbonyl (C=O) groups is 2. The van der Waals surface area contributed by atoms with Gasteiger partial charge in [0.1, 0.15) is 11.7 Å². The van der Waals surface area contributed by atoms with Crippen LogP contribution in [0.5, 0.6) is 0 Å². The number of hydrogen-bond donors (Lipinski definition) is 0. The molecule has 0 aliphatic carbocycles. The molecule has 0 fully saturated rings. The second-order valence-electron chi connectivity index (χ2n) is 7.32. The zero-order valence-electron chi connectivity index (χ0n) is 17.3. The van der Waals surface area contributed by atoms with Gasteiger partial charge in [0.2, 0.25) is 0 Å². The SMILES string of the molecule is O=C(OCCCOC(=O)C1=CN2CCS(=O)(=O)N=C2C=C1)C1=CN2CCS(=O)(=O)N=C2C=C1. The van der Waals surface area contributed by atoms with Crippen LogP contribution in [-0.4, -0.2) is 88.1 Å². The molecule has 0 amide bonds. The molecule has 4 aliphatic heterocycles.